The number of benzene rings is 2. The monoisotopic (exact) mass is 366 g/mol. The van der Waals surface area contributed by atoms with Gasteiger partial charge in [0.25, 0.3) is 5.91 Å². The van der Waals surface area contributed by atoms with E-state index in [9.17, 15) is 4.79 Å². The van der Waals surface area contributed by atoms with E-state index in [-0.39, 0.29) is 11.6 Å². The minimum atomic E-state index is -0.285. The van der Waals surface area contributed by atoms with Crippen LogP contribution in [-0.2, 0) is 6.54 Å². The Morgan fingerprint density at radius 1 is 0.962 bits per heavy atom. The van der Waals surface area contributed by atoms with Gasteiger partial charge in [-0.3, -0.25) is 4.79 Å². The number of aryl methyl sites for hydroxylation is 2. The quantitative estimate of drug-likeness (QED) is 0.691. The van der Waals surface area contributed by atoms with Crippen LogP contribution in [0, 0.1) is 13.8 Å². The van der Waals surface area contributed by atoms with Gasteiger partial charge in [0.15, 0.2) is 5.69 Å². The summed E-state index contributed by atoms with van der Waals surface area (Å²) >= 11 is 5.87. The summed E-state index contributed by atoms with van der Waals surface area (Å²) in [6.07, 6.45) is 0. The molecule has 0 saturated heterocycles. The Morgan fingerprint density at radius 3 is 2.27 bits per heavy atom. The third-order valence-electron chi connectivity index (χ3n) is 3.76. The largest absolute Gasteiger partial charge is 0.365 e. The fourth-order valence-electron chi connectivity index (χ4n) is 2.58. The molecule has 0 unspecified atom stereocenters. The number of halogens is 1. The molecule has 1 aromatic heterocycles. The van der Waals surface area contributed by atoms with Crippen molar-refractivity contribution in [1.82, 2.24) is 10.2 Å². The minimum Gasteiger partial charge on any atom is -0.365 e. The first-order chi connectivity index (χ1) is 12.5. The number of hydrogen-bond acceptors (Lipinski definition) is 4. The van der Waals surface area contributed by atoms with Gasteiger partial charge in [-0.05, 0) is 66.9 Å². The molecular weight excluding hydrogens is 348 g/mol. The van der Waals surface area contributed by atoms with Crippen LogP contribution in [-0.4, -0.2) is 16.1 Å². The van der Waals surface area contributed by atoms with Crippen molar-refractivity contribution in [3.05, 3.63) is 82.0 Å². The number of carbonyl (C=O) groups is 1. The SMILES string of the molecule is Cc1cc(C)cc(NC(=O)c2ccc(NCc3ccc(Cl)cc3)nn2)c1. The number of anilines is 2. The van der Waals surface area contributed by atoms with Gasteiger partial charge in [-0.25, -0.2) is 0 Å². The molecule has 0 saturated carbocycles. The molecule has 0 aliphatic heterocycles. The van der Waals surface area contributed by atoms with Crippen LogP contribution in [0.2, 0.25) is 5.02 Å². The highest BCUT2D eigenvalue weighted by molar-refractivity contribution is 6.30. The molecule has 26 heavy (non-hydrogen) atoms. The number of carbonyl (C=O) groups excluding carboxylic acids is 1. The van der Waals surface area contributed by atoms with E-state index in [0.717, 1.165) is 22.4 Å². The Bertz CT molecular complexity index is 888. The maximum absolute atomic E-state index is 12.3. The Balaban J connectivity index is 1.61. The summed E-state index contributed by atoms with van der Waals surface area (Å²) in [7, 11) is 0. The fourth-order valence-corrected chi connectivity index (χ4v) is 2.71. The molecule has 0 radical (unpaired) electrons. The van der Waals surface area contributed by atoms with E-state index >= 15 is 0 Å². The second-order valence-electron chi connectivity index (χ2n) is 6.11. The van der Waals surface area contributed by atoms with E-state index < -0.39 is 0 Å². The molecule has 1 heterocycles. The molecule has 132 valence electrons. The van der Waals surface area contributed by atoms with E-state index in [0.29, 0.717) is 17.4 Å². The molecule has 0 spiro atoms. The van der Waals surface area contributed by atoms with Crippen molar-refractivity contribution < 1.29 is 4.79 Å². The molecular formula is C20H19ClN4O. The molecule has 2 aromatic carbocycles. The Labute approximate surface area is 157 Å². The van der Waals surface area contributed by atoms with E-state index in [4.69, 9.17) is 11.6 Å². The van der Waals surface area contributed by atoms with Crippen LogP contribution in [0.25, 0.3) is 0 Å². The highest BCUT2D eigenvalue weighted by Gasteiger charge is 2.09. The second-order valence-corrected chi connectivity index (χ2v) is 6.55. The zero-order valence-electron chi connectivity index (χ0n) is 14.6. The van der Waals surface area contributed by atoms with Crippen LogP contribution in [0.4, 0.5) is 11.5 Å². The summed E-state index contributed by atoms with van der Waals surface area (Å²) in [4.78, 5) is 12.3. The summed E-state index contributed by atoms with van der Waals surface area (Å²) < 4.78 is 0. The van der Waals surface area contributed by atoms with E-state index in [1.54, 1.807) is 12.1 Å². The van der Waals surface area contributed by atoms with Gasteiger partial charge in [-0.1, -0.05) is 29.8 Å². The van der Waals surface area contributed by atoms with E-state index in [2.05, 4.69) is 26.9 Å². The summed E-state index contributed by atoms with van der Waals surface area (Å²) in [5, 5.41) is 14.8. The van der Waals surface area contributed by atoms with Gasteiger partial charge >= 0.3 is 0 Å². The van der Waals surface area contributed by atoms with Crippen molar-refractivity contribution in [2.24, 2.45) is 0 Å². The molecule has 0 fully saturated rings. The van der Waals surface area contributed by atoms with E-state index in [1.165, 1.54) is 0 Å². The van der Waals surface area contributed by atoms with Crippen molar-refractivity contribution in [2.45, 2.75) is 20.4 Å². The van der Waals surface area contributed by atoms with Gasteiger partial charge in [0.1, 0.15) is 5.82 Å². The molecule has 0 aliphatic rings. The zero-order valence-corrected chi connectivity index (χ0v) is 15.3. The van der Waals surface area contributed by atoms with Gasteiger partial charge in [-0.15, -0.1) is 10.2 Å². The zero-order chi connectivity index (χ0) is 18.5. The summed E-state index contributed by atoms with van der Waals surface area (Å²) in [5.74, 6) is 0.314. The normalized spacial score (nSPS) is 10.4. The van der Waals surface area contributed by atoms with Gasteiger partial charge in [-0.2, -0.15) is 0 Å². The molecule has 3 rings (SSSR count). The molecule has 0 atom stereocenters. The molecule has 5 nitrogen and oxygen atoms in total. The van der Waals surface area contributed by atoms with Gasteiger partial charge in [0, 0.05) is 17.3 Å². The van der Waals surface area contributed by atoms with Gasteiger partial charge in [0.05, 0.1) is 0 Å². The number of amides is 1. The predicted molar refractivity (Wildman–Crippen MR) is 105 cm³/mol. The lowest BCUT2D eigenvalue weighted by molar-refractivity contribution is 0.102. The molecule has 3 aromatic rings. The topological polar surface area (TPSA) is 66.9 Å². The van der Waals surface area contributed by atoms with Crippen LogP contribution in [0.15, 0.2) is 54.6 Å². The number of aromatic nitrogens is 2. The third-order valence-corrected chi connectivity index (χ3v) is 4.02. The first-order valence-electron chi connectivity index (χ1n) is 8.21. The molecule has 1 amide bonds. The summed E-state index contributed by atoms with van der Waals surface area (Å²) in [5.41, 5.74) is 4.27. The molecule has 2 N–H and O–H groups in total. The molecule has 6 heteroatoms. The van der Waals surface area contributed by atoms with Crippen LogP contribution >= 0.6 is 11.6 Å². The predicted octanol–water partition coefficient (Wildman–Crippen LogP) is 4.61. The van der Waals surface area contributed by atoms with Crippen molar-refractivity contribution in [2.75, 3.05) is 10.6 Å². The molecule has 0 bridgehead atoms. The van der Waals surface area contributed by atoms with Crippen LogP contribution in [0.1, 0.15) is 27.2 Å². The lowest BCUT2D eigenvalue weighted by Crippen LogP contribution is -2.15. The number of nitrogens with one attached hydrogen (secondary N) is 2. The second kappa shape index (κ2) is 7.97. The minimum absolute atomic E-state index is 0.265. The maximum Gasteiger partial charge on any atom is 0.276 e. The van der Waals surface area contributed by atoms with Crippen molar-refractivity contribution in [3.63, 3.8) is 0 Å². The Kier molecular flexibility index (Phi) is 5.49. The third kappa shape index (κ3) is 4.80. The van der Waals surface area contributed by atoms with Crippen LogP contribution in [0.5, 0.6) is 0 Å². The molecule has 0 aliphatic carbocycles. The standard InChI is InChI=1S/C20H19ClN4O/c1-13-9-14(2)11-17(10-13)23-20(26)18-7-8-19(25-24-18)22-12-15-3-5-16(21)6-4-15/h3-11H,12H2,1-2H3,(H,22,25)(H,23,26). The van der Waals surface area contributed by atoms with Crippen LogP contribution in [0.3, 0.4) is 0 Å². The first kappa shape index (κ1) is 17.9. The van der Waals surface area contributed by atoms with Gasteiger partial charge < -0.3 is 10.6 Å². The van der Waals surface area contributed by atoms with E-state index in [1.807, 2.05) is 50.2 Å². The summed E-state index contributed by atoms with van der Waals surface area (Å²) in [6, 6.07) is 16.8. The highest BCUT2D eigenvalue weighted by atomic mass is 35.5. The smallest absolute Gasteiger partial charge is 0.276 e. The lowest BCUT2D eigenvalue weighted by atomic mass is 10.1. The maximum atomic E-state index is 12.3. The van der Waals surface area contributed by atoms with Crippen molar-refractivity contribution in [1.29, 1.82) is 0 Å². The number of hydrogen-bond donors (Lipinski definition) is 2. The Hall–Kier alpha value is -2.92. The number of nitrogens with zero attached hydrogens (tertiary/aromatic N) is 2. The van der Waals surface area contributed by atoms with Crippen molar-refractivity contribution >= 4 is 29.0 Å². The summed E-state index contributed by atoms with van der Waals surface area (Å²) in [6.45, 7) is 4.58. The first-order valence-corrected chi connectivity index (χ1v) is 8.59. The average Bonchev–Trinajstić information content (AvgIpc) is 2.61. The van der Waals surface area contributed by atoms with Crippen molar-refractivity contribution in [3.8, 4) is 0 Å². The fraction of sp³-hybridized carbons (Fsp3) is 0.150. The number of rotatable bonds is 5. The average molecular weight is 367 g/mol. The lowest BCUT2D eigenvalue weighted by Gasteiger charge is -2.08. The highest BCUT2D eigenvalue weighted by Crippen LogP contribution is 2.15. The van der Waals surface area contributed by atoms with Crippen LogP contribution < -0.4 is 10.6 Å². The Morgan fingerprint density at radius 2 is 1.65 bits per heavy atom. The van der Waals surface area contributed by atoms with Gasteiger partial charge in [0.2, 0.25) is 0 Å².